The predicted octanol–water partition coefficient (Wildman–Crippen LogP) is 1.29. The topological polar surface area (TPSA) is 36.4 Å². The van der Waals surface area contributed by atoms with Gasteiger partial charge in [-0.05, 0) is 26.0 Å². The van der Waals surface area contributed by atoms with Gasteiger partial charge in [0.15, 0.2) is 0 Å². The van der Waals surface area contributed by atoms with Crippen molar-refractivity contribution >= 4 is 5.69 Å². The minimum Gasteiger partial charge on any atom is -0.389 e. The quantitative estimate of drug-likeness (QED) is 0.761. The molecule has 0 fully saturated rings. The number of nitrogens with zero attached hydrogens (tertiary/aromatic N) is 2. The molecule has 1 rings (SSSR count). The lowest BCUT2D eigenvalue weighted by Crippen LogP contribution is -2.36. The Morgan fingerprint density at radius 3 is 2.69 bits per heavy atom. The van der Waals surface area contributed by atoms with Crippen molar-refractivity contribution < 1.29 is 5.11 Å². The van der Waals surface area contributed by atoms with Crippen LogP contribution >= 0.6 is 0 Å². The van der Waals surface area contributed by atoms with E-state index in [-0.39, 0.29) is 0 Å². The zero-order chi connectivity index (χ0) is 9.90. The maximum atomic E-state index is 9.59. The van der Waals surface area contributed by atoms with E-state index in [9.17, 15) is 5.11 Å². The smallest absolute Gasteiger partial charge is 0.0765 e. The lowest BCUT2D eigenvalue weighted by molar-refractivity contribution is 0.0886. The van der Waals surface area contributed by atoms with Gasteiger partial charge in [-0.1, -0.05) is 0 Å². The number of likely N-dealkylation sites (N-methyl/N-ethyl adjacent to an activating group) is 1. The Balaban J connectivity index is 2.64. The van der Waals surface area contributed by atoms with Gasteiger partial charge in [0, 0.05) is 19.8 Å². The largest absolute Gasteiger partial charge is 0.389 e. The number of hydrogen-bond donors (Lipinski definition) is 1. The molecular formula is C10H16N2O. The van der Waals surface area contributed by atoms with E-state index in [1.54, 1.807) is 26.2 Å². The van der Waals surface area contributed by atoms with Crippen LogP contribution in [0, 0.1) is 0 Å². The monoisotopic (exact) mass is 180 g/mol. The molecular weight excluding hydrogens is 164 g/mol. The van der Waals surface area contributed by atoms with Crippen molar-refractivity contribution in [2.24, 2.45) is 0 Å². The van der Waals surface area contributed by atoms with Crippen molar-refractivity contribution in [3.05, 3.63) is 24.5 Å². The molecule has 0 saturated heterocycles. The van der Waals surface area contributed by atoms with E-state index in [1.165, 1.54) is 0 Å². The molecule has 0 spiro atoms. The summed E-state index contributed by atoms with van der Waals surface area (Å²) in [5.41, 5.74) is 0.342. The van der Waals surface area contributed by atoms with Gasteiger partial charge in [-0.3, -0.25) is 4.98 Å². The predicted molar refractivity (Wildman–Crippen MR) is 53.8 cm³/mol. The molecule has 0 aliphatic rings. The van der Waals surface area contributed by atoms with Crippen molar-refractivity contribution in [1.29, 1.82) is 0 Å². The molecule has 3 nitrogen and oxygen atoms in total. The zero-order valence-electron chi connectivity index (χ0n) is 8.36. The lowest BCUT2D eigenvalue weighted by atomic mass is 10.1. The first-order chi connectivity index (χ1) is 5.99. The second-order valence-corrected chi connectivity index (χ2v) is 3.88. The Hall–Kier alpha value is -1.09. The SMILES string of the molecule is CN(CC(C)(C)O)c1cccnc1. The summed E-state index contributed by atoms with van der Waals surface area (Å²) in [7, 11) is 1.94. The Kier molecular flexibility index (Phi) is 2.88. The number of pyridine rings is 1. The second kappa shape index (κ2) is 3.75. The highest BCUT2D eigenvalue weighted by Gasteiger charge is 2.15. The van der Waals surface area contributed by atoms with Crippen molar-refractivity contribution in [3.8, 4) is 0 Å². The lowest BCUT2D eigenvalue weighted by Gasteiger charge is -2.26. The van der Waals surface area contributed by atoms with Crippen LogP contribution in [-0.2, 0) is 0 Å². The molecule has 72 valence electrons. The van der Waals surface area contributed by atoms with Crippen LogP contribution in [0.4, 0.5) is 5.69 Å². The number of aromatic nitrogens is 1. The average Bonchev–Trinajstić information content (AvgIpc) is 2.03. The Bertz CT molecular complexity index is 253. The summed E-state index contributed by atoms with van der Waals surface area (Å²) in [4.78, 5) is 5.99. The van der Waals surface area contributed by atoms with Crippen LogP contribution in [0.5, 0.6) is 0 Å². The van der Waals surface area contributed by atoms with E-state index >= 15 is 0 Å². The zero-order valence-corrected chi connectivity index (χ0v) is 8.36. The average molecular weight is 180 g/mol. The van der Waals surface area contributed by atoms with Crippen LogP contribution in [0.1, 0.15) is 13.8 Å². The second-order valence-electron chi connectivity index (χ2n) is 3.88. The normalized spacial score (nSPS) is 11.4. The van der Waals surface area contributed by atoms with Gasteiger partial charge >= 0.3 is 0 Å². The first-order valence-corrected chi connectivity index (χ1v) is 4.32. The van der Waals surface area contributed by atoms with Gasteiger partial charge in [0.05, 0.1) is 17.5 Å². The third kappa shape index (κ3) is 3.42. The molecule has 1 aromatic heterocycles. The van der Waals surface area contributed by atoms with E-state index in [1.807, 2.05) is 24.1 Å². The summed E-state index contributed by atoms with van der Waals surface area (Å²) in [5.74, 6) is 0. The van der Waals surface area contributed by atoms with Crippen molar-refractivity contribution in [2.75, 3.05) is 18.5 Å². The fourth-order valence-electron chi connectivity index (χ4n) is 1.25. The first kappa shape index (κ1) is 9.99. The van der Waals surface area contributed by atoms with Crippen LogP contribution in [0.15, 0.2) is 24.5 Å². The van der Waals surface area contributed by atoms with Gasteiger partial charge in [0.2, 0.25) is 0 Å². The third-order valence-corrected chi connectivity index (χ3v) is 1.71. The van der Waals surface area contributed by atoms with Gasteiger partial charge in [0.1, 0.15) is 0 Å². The molecule has 0 aliphatic heterocycles. The van der Waals surface area contributed by atoms with Gasteiger partial charge in [-0.25, -0.2) is 0 Å². The fraction of sp³-hybridized carbons (Fsp3) is 0.500. The summed E-state index contributed by atoms with van der Waals surface area (Å²) in [6.45, 7) is 4.18. The van der Waals surface area contributed by atoms with E-state index in [0.717, 1.165) is 5.69 Å². The molecule has 0 bridgehead atoms. The standard InChI is InChI=1S/C10H16N2O/c1-10(2,13)8-12(3)9-5-4-6-11-7-9/h4-7,13H,8H2,1-3H3. The van der Waals surface area contributed by atoms with Crippen LogP contribution in [-0.4, -0.2) is 29.3 Å². The highest BCUT2D eigenvalue weighted by atomic mass is 16.3. The van der Waals surface area contributed by atoms with Gasteiger partial charge in [0.25, 0.3) is 0 Å². The highest BCUT2D eigenvalue weighted by molar-refractivity contribution is 5.42. The molecule has 0 amide bonds. The Labute approximate surface area is 79.0 Å². The highest BCUT2D eigenvalue weighted by Crippen LogP contribution is 2.12. The van der Waals surface area contributed by atoms with Crippen LogP contribution < -0.4 is 4.90 Å². The Morgan fingerprint density at radius 1 is 1.54 bits per heavy atom. The minimum atomic E-state index is -0.676. The summed E-state index contributed by atoms with van der Waals surface area (Å²) in [5, 5.41) is 9.59. The molecule has 0 radical (unpaired) electrons. The third-order valence-electron chi connectivity index (χ3n) is 1.71. The molecule has 0 aliphatic carbocycles. The number of hydrogen-bond acceptors (Lipinski definition) is 3. The molecule has 13 heavy (non-hydrogen) atoms. The van der Waals surface area contributed by atoms with Crippen molar-refractivity contribution in [1.82, 2.24) is 4.98 Å². The molecule has 0 aromatic carbocycles. The van der Waals surface area contributed by atoms with Gasteiger partial charge in [-0.15, -0.1) is 0 Å². The molecule has 0 unspecified atom stereocenters. The first-order valence-electron chi connectivity index (χ1n) is 4.32. The number of rotatable bonds is 3. The maximum Gasteiger partial charge on any atom is 0.0765 e. The summed E-state index contributed by atoms with van der Waals surface area (Å²) in [6.07, 6.45) is 3.52. The molecule has 1 heterocycles. The van der Waals surface area contributed by atoms with Gasteiger partial charge < -0.3 is 10.0 Å². The van der Waals surface area contributed by atoms with E-state index < -0.39 is 5.60 Å². The van der Waals surface area contributed by atoms with Crippen LogP contribution in [0.25, 0.3) is 0 Å². The molecule has 1 N–H and O–H groups in total. The Morgan fingerprint density at radius 2 is 2.23 bits per heavy atom. The van der Waals surface area contributed by atoms with Crippen LogP contribution in [0.2, 0.25) is 0 Å². The maximum absolute atomic E-state index is 9.59. The minimum absolute atomic E-state index is 0.596. The number of aliphatic hydroxyl groups is 1. The summed E-state index contributed by atoms with van der Waals surface area (Å²) >= 11 is 0. The van der Waals surface area contributed by atoms with E-state index in [0.29, 0.717) is 6.54 Å². The van der Waals surface area contributed by atoms with E-state index in [4.69, 9.17) is 0 Å². The van der Waals surface area contributed by atoms with Crippen LogP contribution in [0.3, 0.4) is 0 Å². The summed E-state index contributed by atoms with van der Waals surface area (Å²) in [6, 6.07) is 3.86. The van der Waals surface area contributed by atoms with E-state index in [2.05, 4.69) is 4.98 Å². The molecule has 0 saturated carbocycles. The van der Waals surface area contributed by atoms with Crippen molar-refractivity contribution in [3.63, 3.8) is 0 Å². The molecule has 3 heteroatoms. The molecule has 1 aromatic rings. The summed E-state index contributed by atoms with van der Waals surface area (Å²) < 4.78 is 0. The number of anilines is 1. The van der Waals surface area contributed by atoms with Gasteiger partial charge in [-0.2, -0.15) is 0 Å². The van der Waals surface area contributed by atoms with Crippen molar-refractivity contribution in [2.45, 2.75) is 19.4 Å². The molecule has 0 atom stereocenters. The fourth-order valence-corrected chi connectivity index (χ4v) is 1.25.